The SMILES string of the molecule is O=C1CC(c2ccc([N+](=O)[O-])cc2)c2c(nc(SCc3ccccc3)[nH]c2=O)N1. The number of nitro benzene ring substituents is 1. The number of hydrogen-bond acceptors (Lipinski definition) is 6. The maximum Gasteiger partial charge on any atom is 0.269 e. The maximum atomic E-state index is 12.8. The Morgan fingerprint density at radius 1 is 1.10 bits per heavy atom. The van der Waals surface area contributed by atoms with E-state index in [-0.39, 0.29) is 29.4 Å². The highest BCUT2D eigenvalue weighted by atomic mass is 32.2. The summed E-state index contributed by atoms with van der Waals surface area (Å²) in [5, 5.41) is 14.0. The molecule has 8 nitrogen and oxygen atoms in total. The van der Waals surface area contributed by atoms with Crippen LogP contribution in [0.25, 0.3) is 0 Å². The van der Waals surface area contributed by atoms with Crippen LogP contribution in [0.5, 0.6) is 0 Å². The van der Waals surface area contributed by atoms with E-state index in [2.05, 4.69) is 15.3 Å². The van der Waals surface area contributed by atoms with E-state index in [4.69, 9.17) is 0 Å². The highest BCUT2D eigenvalue weighted by Gasteiger charge is 2.31. The first-order valence-corrected chi connectivity index (χ1v) is 9.85. The Hall–Kier alpha value is -3.46. The standard InChI is InChI=1S/C20H16N4O4S/c25-16-10-15(13-6-8-14(9-7-13)24(27)28)17-18(21-16)22-20(23-19(17)26)29-11-12-4-2-1-3-5-12/h1-9,15H,10-11H2,(H2,21,22,23,25,26). The van der Waals surface area contributed by atoms with Crippen LogP contribution in [-0.4, -0.2) is 20.8 Å². The van der Waals surface area contributed by atoms with Gasteiger partial charge in [0.2, 0.25) is 5.91 Å². The summed E-state index contributed by atoms with van der Waals surface area (Å²) < 4.78 is 0. The molecule has 1 aromatic heterocycles. The van der Waals surface area contributed by atoms with Crippen LogP contribution in [0.1, 0.15) is 29.0 Å². The van der Waals surface area contributed by atoms with Crippen molar-refractivity contribution in [2.45, 2.75) is 23.2 Å². The van der Waals surface area contributed by atoms with Gasteiger partial charge in [0.25, 0.3) is 11.2 Å². The predicted molar refractivity (Wildman–Crippen MR) is 109 cm³/mol. The number of hydrogen-bond donors (Lipinski definition) is 2. The van der Waals surface area contributed by atoms with Crippen molar-refractivity contribution < 1.29 is 9.72 Å². The molecule has 2 aromatic carbocycles. The van der Waals surface area contributed by atoms with Gasteiger partial charge >= 0.3 is 0 Å². The van der Waals surface area contributed by atoms with Crippen molar-refractivity contribution >= 4 is 29.2 Å². The van der Waals surface area contributed by atoms with Gasteiger partial charge in [-0.25, -0.2) is 4.98 Å². The number of carbonyl (C=O) groups is 1. The van der Waals surface area contributed by atoms with Crippen LogP contribution in [0.2, 0.25) is 0 Å². The number of benzene rings is 2. The molecule has 1 unspecified atom stereocenters. The van der Waals surface area contributed by atoms with Gasteiger partial charge in [-0.3, -0.25) is 19.7 Å². The number of H-pyrrole nitrogens is 1. The molecular weight excluding hydrogens is 392 g/mol. The molecular formula is C20H16N4O4S. The minimum atomic E-state index is -0.510. The van der Waals surface area contributed by atoms with Gasteiger partial charge in [0, 0.05) is 30.2 Å². The fourth-order valence-electron chi connectivity index (χ4n) is 3.26. The van der Waals surface area contributed by atoms with Gasteiger partial charge in [-0.1, -0.05) is 54.2 Å². The number of thioether (sulfide) groups is 1. The second kappa shape index (κ2) is 7.88. The number of fused-ring (bicyclic) bond motifs is 1. The Morgan fingerprint density at radius 3 is 2.52 bits per heavy atom. The van der Waals surface area contributed by atoms with Crippen molar-refractivity contribution in [1.82, 2.24) is 9.97 Å². The zero-order valence-electron chi connectivity index (χ0n) is 15.1. The van der Waals surface area contributed by atoms with Crippen LogP contribution < -0.4 is 10.9 Å². The van der Waals surface area contributed by atoms with Crippen LogP contribution in [0.15, 0.2) is 64.5 Å². The summed E-state index contributed by atoms with van der Waals surface area (Å²) in [6.07, 6.45) is 0.0755. The normalized spacial score (nSPS) is 15.4. The lowest BCUT2D eigenvalue weighted by Crippen LogP contribution is -2.31. The van der Waals surface area contributed by atoms with Gasteiger partial charge in [-0.15, -0.1) is 0 Å². The van der Waals surface area contributed by atoms with Crippen molar-refractivity contribution in [3.05, 3.63) is 91.8 Å². The smallest absolute Gasteiger partial charge is 0.269 e. The highest BCUT2D eigenvalue weighted by Crippen LogP contribution is 2.35. The van der Waals surface area contributed by atoms with Gasteiger partial charge in [0.1, 0.15) is 5.82 Å². The summed E-state index contributed by atoms with van der Waals surface area (Å²) in [6.45, 7) is 0. The first-order chi connectivity index (χ1) is 14.0. The second-order valence-electron chi connectivity index (χ2n) is 6.56. The van der Waals surface area contributed by atoms with E-state index in [1.165, 1.54) is 23.9 Å². The third-order valence-electron chi connectivity index (χ3n) is 4.65. The third-order valence-corrected chi connectivity index (χ3v) is 5.60. The van der Waals surface area contributed by atoms with Gasteiger partial charge in [-0.2, -0.15) is 0 Å². The molecule has 0 fully saturated rings. The number of aromatic amines is 1. The maximum absolute atomic E-state index is 12.8. The lowest BCUT2D eigenvalue weighted by atomic mass is 9.87. The summed E-state index contributed by atoms with van der Waals surface area (Å²) in [5.74, 6) is 0.105. The first kappa shape index (κ1) is 18.9. The second-order valence-corrected chi connectivity index (χ2v) is 7.53. The van der Waals surface area contributed by atoms with Gasteiger partial charge in [0.05, 0.1) is 10.5 Å². The number of nitrogens with one attached hydrogen (secondary N) is 2. The number of amides is 1. The number of carbonyl (C=O) groups excluding carboxylic acids is 1. The molecule has 0 bridgehead atoms. The summed E-state index contributed by atoms with van der Waals surface area (Å²) >= 11 is 1.37. The molecule has 2 heterocycles. The average Bonchev–Trinajstić information content (AvgIpc) is 2.72. The summed E-state index contributed by atoms with van der Waals surface area (Å²) in [6, 6.07) is 15.7. The van der Waals surface area contributed by atoms with E-state index < -0.39 is 10.8 Å². The number of nitro groups is 1. The van der Waals surface area contributed by atoms with Crippen LogP contribution in [-0.2, 0) is 10.5 Å². The third kappa shape index (κ3) is 4.04. The van der Waals surface area contributed by atoms with Crippen LogP contribution in [0.4, 0.5) is 11.5 Å². The number of nitrogens with zero attached hydrogens (tertiary/aromatic N) is 2. The summed E-state index contributed by atoms with van der Waals surface area (Å²) in [5.41, 5.74) is 1.74. The molecule has 0 spiro atoms. The topological polar surface area (TPSA) is 118 Å². The van der Waals surface area contributed by atoms with E-state index in [0.717, 1.165) is 5.56 Å². The average molecular weight is 408 g/mol. The van der Waals surface area contributed by atoms with E-state index in [1.807, 2.05) is 30.3 Å². The summed E-state index contributed by atoms with van der Waals surface area (Å²) in [7, 11) is 0. The Labute approximate surface area is 169 Å². The minimum Gasteiger partial charge on any atom is -0.310 e. The number of non-ortho nitro benzene ring substituents is 1. The number of aromatic nitrogens is 2. The molecule has 9 heteroatoms. The van der Waals surface area contributed by atoms with Crippen molar-refractivity contribution in [3.8, 4) is 0 Å². The molecule has 146 valence electrons. The van der Waals surface area contributed by atoms with E-state index in [0.29, 0.717) is 22.0 Å². The molecule has 1 amide bonds. The fraction of sp³-hybridized carbons (Fsp3) is 0.150. The van der Waals surface area contributed by atoms with Crippen LogP contribution in [0, 0.1) is 10.1 Å². The quantitative estimate of drug-likeness (QED) is 0.289. The molecule has 29 heavy (non-hydrogen) atoms. The summed E-state index contributed by atoms with van der Waals surface area (Å²) in [4.78, 5) is 42.6. The van der Waals surface area contributed by atoms with E-state index >= 15 is 0 Å². The molecule has 1 atom stereocenters. The van der Waals surface area contributed by atoms with E-state index in [1.54, 1.807) is 12.1 Å². The number of rotatable bonds is 5. The van der Waals surface area contributed by atoms with Crippen molar-refractivity contribution in [1.29, 1.82) is 0 Å². The molecule has 3 aromatic rings. The molecule has 4 rings (SSSR count). The van der Waals surface area contributed by atoms with Gasteiger partial charge < -0.3 is 10.3 Å². The lowest BCUT2D eigenvalue weighted by Gasteiger charge is -2.24. The predicted octanol–water partition coefficient (Wildman–Crippen LogP) is 3.44. The highest BCUT2D eigenvalue weighted by molar-refractivity contribution is 7.98. The van der Waals surface area contributed by atoms with Crippen molar-refractivity contribution in [2.24, 2.45) is 0 Å². The zero-order valence-corrected chi connectivity index (χ0v) is 15.9. The molecule has 0 saturated heterocycles. The number of anilines is 1. The largest absolute Gasteiger partial charge is 0.310 e. The Bertz CT molecular complexity index is 1130. The van der Waals surface area contributed by atoms with Crippen LogP contribution in [0.3, 0.4) is 0 Å². The monoisotopic (exact) mass is 408 g/mol. The molecule has 1 aliphatic heterocycles. The molecule has 2 N–H and O–H groups in total. The van der Waals surface area contributed by atoms with Crippen molar-refractivity contribution in [3.63, 3.8) is 0 Å². The Balaban J connectivity index is 1.65. The van der Waals surface area contributed by atoms with Crippen molar-refractivity contribution in [2.75, 3.05) is 5.32 Å². The Kier molecular flexibility index (Phi) is 5.13. The zero-order chi connectivity index (χ0) is 20.4. The van der Waals surface area contributed by atoms with Crippen LogP contribution >= 0.6 is 11.8 Å². The Morgan fingerprint density at radius 2 is 1.83 bits per heavy atom. The molecule has 0 saturated carbocycles. The van der Waals surface area contributed by atoms with Gasteiger partial charge in [0.15, 0.2) is 5.16 Å². The fourth-order valence-corrected chi connectivity index (χ4v) is 4.07. The molecule has 0 radical (unpaired) electrons. The molecule has 0 aliphatic carbocycles. The molecule has 1 aliphatic rings. The minimum absolute atomic E-state index is 0.0473. The van der Waals surface area contributed by atoms with Gasteiger partial charge in [-0.05, 0) is 11.1 Å². The van der Waals surface area contributed by atoms with E-state index in [9.17, 15) is 19.7 Å². The first-order valence-electron chi connectivity index (χ1n) is 8.86. The lowest BCUT2D eigenvalue weighted by molar-refractivity contribution is -0.384.